The number of alkyl halides is 5. The maximum atomic E-state index is 5.99. The van der Waals surface area contributed by atoms with Crippen LogP contribution in [0, 0.1) is 0 Å². The Balaban J connectivity index is 3.44. The molecule has 0 saturated heterocycles. The lowest BCUT2D eigenvalue weighted by molar-refractivity contribution is 1.20. The van der Waals surface area contributed by atoms with Gasteiger partial charge in [0.1, 0.15) is 4.84 Å². The van der Waals surface area contributed by atoms with E-state index in [2.05, 4.69) is 0 Å². The maximum Gasteiger partial charge on any atom is 0.218 e. The molecule has 1 aromatic rings. The maximum absolute atomic E-state index is 5.99. The van der Waals surface area contributed by atoms with Crippen molar-refractivity contribution in [2.24, 2.45) is 0 Å². The van der Waals surface area contributed by atoms with Crippen LogP contribution < -0.4 is 0 Å². The van der Waals surface area contributed by atoms with E-state index in [0.29, 0.717) is 5.56 Å². The summed E-state index contributed by atoms with van der Waals surface area (Å²) in [4.78, 5) is -0.805. The molecule has 0 N–H and O–H groups in total. The van der Waals surface area contributed by atoms with Crippen LogP contribution in [-0.2, 0) is 3.79 Å². The van der Waals surface area contributed by atoms with Gasteiger partial charge in [-0.3, -0.25) is 0 Å². The second-order valence-corrected chi connectivity index (χ2v) is 6.79. The van der Waals surface area contributed by atoms with Crippen LogP contribution in [-0.4, -0.2) is 0 Å². The first-order chi connectivity index (χ1) is 6.75. The molecule has 0 spiro atoms. The predicted molar refractivity (Wildman–Crippen MR) is 70.1 cm³/mol. The lowest BCUT2D eigenvalue weighted by Gasteiger charge is -2.17. The normalized spacial score (nSPS) is 12.3. The standard InChI is InChI=1S/C8H3Cl7/c9-4-2-1-3(7(11)12)6(10)5(4)8(13,14)15/h1-2,7H. The molecule has 0 heterocycles. The van der Waals surface area contributed by atoms with Crippen molar-refractivity contribution in [3.8, 4) is 0 Å². The van der Waals surface area contributed by atoms with Crippen molar-refractivity contribution in [1.29, 1.82) is 0 Å². The predicted octanol–water partition coefficient (Wildman–Crippen LogP) is 6.30. The SMILES string of the molecule is Clc1ccc(C(Cl)Cl)c(Cl)c1C(Cl)(Cl)Cl. The molecule has 7 heteroatoms. The zero-order valence-electron chi connectivity index (χ0n) is 6.88. The van der Waals surface area contributed by atoms with Gasteiger partial charge in [-0.05, 0) is 6.07 Å². The van der Waals surface area contributed by atoms with E-state index in [1.54, 1.807) is 6.07 Å². The zero-order valence-corrected chi connectivity index (χ0v) is 12.2. The first-order valence-electron chi connectivity index (χ1n) is 3.58. The van der Waals surface area contributed by atoms with Crippen molar-refractivity contribution in [3.63, 3.8) is 0 Å². The average Bonchev–Trinajstić information content (AvgIpc) is 2.00. The third-order valence-electron chi connectivity index (χ3n) is 1.64. The molecule has 0 bridgehead atoms. The monoisotopic (exact) mass is 344 g/mol. The molecule has 0 aliphatic rings. The van der Waals surface area contributed by atoms with E-state index in [9.17, 15) is 0 Å². The summed E-state index contributed by atoms with van der Waals surface area (Å²) in [6.07, 6.45) is 0. The van der Waals surface area contributed by atoms with Gasteiger partial charge in [0.15, 0.2) is 0 Å². The highest BCUT2D eigenvalue weighted by Crippen LogP contribution is 2.48. The minimum absolute atomic E-state index is 0.164. The van der Waals surface area contributed by atoms with Gasteiger partial charge in [-0.25, -0.2) is 0 Å². The highest BCUT2D eigenvalue weighted by Gasteiger charge is 2.30. The van der Waals surface area contributed by atoms with Crippen LogP contribution in [0.3, 0.4) is 0 Å². The molecule has 0 aliphatic heterocycles. The largest absolute Gasteiger partial charge is 0.218 e. The van der Waals surface area contributed by atoms with Crippen molar-refractivity contribution in [3.05, 3.63) is 33.3 Å². The van der Waals surface area contributed by atoms with Crippen LogP contribution in [0.5, 0.6) is 0 Å². The fourth-order valence-electron chi connectivity index (χ4n) is 0.997. The van der Waals surface area contributed by atoms with Crippen molar-refractivity contribution in [2.75, 3.05) is 0 Å². The molecular weight excluding hydrogens is 344 g/mol. The van der Waals surface area contributed by atoms with E-state index in [1.165, 1.54) is 6.07 Å². The summed E-state index contributed by atoms with van der Waals surface area (Å²) in [6, 6.07) is 3.10. The Morgan fingerprint density at radius 2 is 1.53 bits per heavy atom. The van der Waals surface area contributed by atoms with E-state index in [4.69, 9.17) is 81.2 Å². The Bertz CT molecular complexity index is 366. The van der Waals surface area contributed by atoms with Crippen LogP contribution >= 0.6 is 81.2 Å². The van der Waals surface area contributed by atoms with Gasteiger partial charge in [0.2, 0.25) is 3.79 Å². The van der Waals surface area contributed by atoms with Gasteiger partial charge in [-0.2, -0.15) is 0 Å². The highest BCUT2D eigenvalue weighted by atomic mass is 35.6. The third-order valence-corrected chi connectivity index (χ3v) is 3.40. The van der Waals surface area contributed by atoms with E-state index >= 15 is 0 Å². The third kappa shape index (κ3) is 3.35. The van der Waals surface area contributed by atoms with Crippen LogP contribution in [0.4, 0.5) is 0 Å². The first-order valence-corrected chi connectivity index (χ1v) is 6.34. The van der Waals surface area contributed by atoms with Crippen molar-refractivity contribution in [2.45, 2.75) is 8.63 Å². The molecule has 0 atom stereocenters. The smallest absolute Gasteiger partial charge is 0.100 e. The molecule has 0 aromatic heterocycles. The van der Waals surface area contributed by atoms with Crippen molar-refractivity contribution in [1.82, 2.24) is 0 Å². The summed E-state index contributed by atoms with van der Waals surface area (Å²) in [7, 11) is 0. The Labute approximate surface area is 122 Å². The number of benzene rings is 1. The number of rotatable bonds is 1. The van der Waals surface area contributed by atoms with E-state index in [-0.39, 0.29) is 15.6 Å². The van der Waals surface area contributed by atoms with Gasteiger partial charge < -0.3 is 0 Å². The molecular formula is C8H3Cl7. The second-order valence-electron chi connectivity index (χ2n) is 2.62. The minimum atomic E-state index is -1.72. The van der Waals surface area contributed by atoms with Crippen molar-refractivity contribution >= 4 is 81.2 Å². The highest BCUT2D eigenvalue weighted by molar-refractivity contribution is 6.68. The molecule has 84 valence electrons. The van der Waals surface area contributed by atoms with Gasteiger partial charge >= 0.3 is 0 Å². The lowest BCUT2D eigenvalue weighted by Crippen LogP contribution is -2.04. The Morgan fingerprint density at radius 3 is 1.93 bits per heavy atom. The topological polar surface area (TPSA) is 0 Å². The molecule has 15 heavy (non-hydrogen) atoms. The van der Waals surface area contributed by atoms with Gasteiger partial charge in [0, 0.05) is 16.1 Å². The summed E-state index contributed by atoms with van der Waals surface area (Å²) in [5.41, 5.74) is 0.630. The first kappa shape index (κ1) is 14.3. The van der Waals surface area contributed by atoms with Crippen molar-refractivity contribution < 1.29 is 0 Å². The molecule has 0 fully saturated rings. The lowest BCUT2D eigenvalue weighted by atomic mass is 10.1. The zero-order chi connectivity index (χ0) is 11.8. The van der Waals surface area contributed by atoms with E-state index in [1.807, 2.05) is 0 Å². The fourth-order valence-corrected chi connectivity index (χ4v) is 3.11. The van der Waals surface area contributed by atoms with E-state index in [0.717, 1.165) is 0 Å². The van der Waals surface area contributed by atoms with Gasteiger partial charge in [0.05, 0.1) is 5.02 Å². The summed E-state index contributed by atoms with van der Waals surface area (Å²) >= 11 is 40.4. The number of halogens is 7. The molecule has 0 radical (unpaired) electrons. The molecule has 1 aromatic carbocycles. The Morgan fingerprint density at radius 1 is 1.00 bits per heavy atom. The van der Waals surface area contributed by atoms with Gasteiger partial charge in [0.25, 0.3) is 0 Å². The Hall–Kier alpha value is 1.25. The summed E-state index contributed by atoms with van der Waals surface area (Å²) in [6.45, 7) is 0. The van der Waals surface area contributed by atoms with Crippen LogP contribution in [0.15, 0.2) is 12.1 Å². The quantitative estimate of drug-likeness (QED) is 0.523. The van der Waals surface area contributed by atoms with Crippen LogP contribution in [0.2, 0.25) is 10.0 Å². The molecule has 1 rings (SSSR count). The number of hydrogen-bond acceptors (Lipinski definition) is 0. The molecule has 0 amide bonds. The molecule has 0 aliphatic carbocycles. The fraction of sp³-hybridized carbons (Fsp3) is 0.250. The molecule has 0 saturated carbocycles. The summed E-state index contributed by atoms with van der Waals surface area (Å²) in [5.74, 6) is 0. The average molecular weight is 347 g/mol. The summed E-state index contributed by atoms with van der Waals surface area (Å²) < 4.78 is -1.72. The van der Waals surface area contributed by atoms with Gasteiger partial charge in [-0.1, -0.05) is 64.1 Å². The summed E-state index contributed by atoms with van der Waals surface area (Å²) in [5, 5.41) is 0.412. The second kappa shape index (κ2) is 5.27. The van der Waals surface area contributed by atoms with Gasteiger partial charge in [-0.15, -0.1) is 23.2 Å². The molecule has 0 unspecified atom stereocenters. The van der Waals surface area contributed by atoms with E-state index < -0.39 is 8.63 Å². The van der Waals surface area contributed by atoms with Crippen LogP contribution in [0.25, 0.3) is 0 Å². The number of hydrogen-bond donors (Lipinski definition) is 0. The minimum Gasteiger partial charge on any atom is -0.100 e. The van der Waals surface area contributed by atoms with Crippen LogP contribution in [0.1, 0.15) is 16.0 Å². The Kier molecular flexibility index (Phi) is 5.02. The molecule has 0 nitrogen and oxygen atoms in total.